The molecule has 2 rings (SSSR count). The molecule has 0 saturated carbocycles. The van der Waals surface area contributed by atoms with Gasteiger partial charge in [-0.05, 0) is 37.1 Å². The van der Waals surface area contributed by atoms with Gasteiger partial charge in [0.15, 0.2) is 0 Å². The van der Waals surface area contributed by atoms with Crippen LogP contribution in [0, 0.1) is 0 Å². The fraction of sp³-hybridized carbons (Fsp3) is 0.533. The molecule has 1 fully saturated rings. The summed E-state index contributed by atoms with van der Waals surface area (Å²) in [5, 5.41) is 13.9. The van der Waals surface area contributed by atoms with Crippen molar-refractivity contribution in [3.05, 3.63) is 34.9 Å². The van der Waals surface area contributed by atoms with Gasteiger partial charge in [0.05, 0.1) is 6.10 Å². The zero-order valence-electron chi connectivity index (χ0n) is 11.7. The van der Waals surface area contributed by atoms with E-state index in [-0.39, 0.29) is 11.9 Å². The van der Waals surface area contributed by atoms with Gasteiger partial charge in [0, 0.05) is 31.1 Å². The van der Waals surface area contributed by atoms with E-state index in [9.17, 15) is 9.90 Å². The summed E-state index contributed by atoms with van der Waals surface area (Å²) in [6.07, 6.45) is 1.49. The predicted molar refractivity (Wildman–Crippen MR) is 79.7 cm³/mol. The molecule has 1 saturated heterocycles. The van der Waals surface area contributed by atoms with Crippen LogP contribution in [0.5, 0.6) is 0 Å². The lowest BCUT2D eigenvalue weighted by molar-refractivity contribution is -0.120. The maximum Gasteiger partial charge on any atom is 0.217 e. The van der Waals surface area contributed by atoms with Crippen LogP contribution < -0.4 is 5.32 Å². The van der Waals surface area contributed by atoms with E-state index in [1.165, 1.54) is 0 Å². The van der Waals surface area contributed by atoms with Crippen LogP contribution in [0.25, 0.3) is 0 Å². The number of carbonyl (C=O) groups excluding carboxylic acids is 1. The average Bonchev–Trinajstić information content (AvgIpc) is 2.38. The average molecular weight is 297 g/mol. The van der Waals surface area contributed by atoms with E-state index < -0.39 is 6.10 Å². The van der Waals surface area contributed by atoms with Gasteiger partial charge in [0.1, 0.15) is 0 Å². The molecule has 1 aromatic carbocycles. The van der Waals surface area contributed by atoms with Gasteiger partial charge in [-0.3, -0.25) is 9.69 Å². The van der Waals surface area contributed by atoms with Crippen molar-refractivity contribution in [1.29, 1.82) is 0 Å². The zero-order valence-corrected chi connectivity index (χ0v) is 12.4. The molecule has 20 heavy (non-hydrogen) atoms. The molecule has 1 aliphatic rings. The highest BCUT2D eigenvalue weighted by molar-refractivity contribution is 6.30. The molecule has 1 heterocycles. The van der Waals surface area contributed by atoms with Gasteiger partial charge in [-0.1, -0.05) is 23.7 Å². The molecule has 1 aromatic rings. The van der Waals surface area contributed by atoms with Crippen LogP contribution in [0.3, 0.4) is 0 Å². The van der Waals surface area contributed by atoms with Crippen LogP contribution in [-0.4, -0.2) is 41.6 Å². The number of carbonyl (C=O) groups is 1. The fourth-order valence-electron chi connectivity index (χ4n) is 2.69. The lowest BCUT2D eigenvalue weighted by Gasteiger charge is -2.34. The van der Waals surface area contributed by atoms with Crippen molar-refractivity contribution < 1.29 is 9.90 Å². The Hall–Kier alpha value is -1.10. The van der Waals surface area contributed by atoms with Gasteiger partial charge < -0.3 is 10.4 Å². The molecular formula is C15H21ClN2O2. The normalized spacial score (nSPS) is 21.4. The summed E-state index contributed by atoms with van der Waals surface area (Å²) in [4.78, 5) is 13.3. The Labute approximate surface area is 124 Å². The highest BCUT2D eigenvalue weighted by Crippen LogP contribution is 2.20. The third-order valence-corrected chi connectivity index (χ3v) is 3.81. The summed E-state index contributed by atoms with van der Waals surface area (Å²) in [7, 11) is 0. The Morgan fingerprint density at radius 2 is 2.40 bits per heavy atom. The van der Waals surface area contributed by atoms with Crippen LogP contribution >= 0.6 is 11.6 Å². The number of nitrogens with zero attached hydrogens (tertiary/aromatic N) is 1. The maximum atomic E-state index is 11.1. The number of amides is 1. The zero-order chi connectivity index (χ0) is 14.5. The number of nitrogens with one attached hydrogen (secondary N) is 1. The van der Waals surface area contributed by atoms with E-state index in [1.807, 2.05) is 12.1 Å². The number of piperidine rings is 1. The second kappa shape index (κ2) is 7.07. The molecule has 110 valence electrons. The Balaban J connectivity index is 1.90. The molecule has 5 heteroatoms. The Bertz CT molecular complexity index is 467. The Morgan fingerprint density at radius 3 is 3.10 bits per heavy atom. The number of hydrogen-bond donors (Lipinski definition) is 2. The Morgan fingerprint density at radius 1 is 1.60 bits per heavy atom. The number of rotatable bonds is 4. The number of benzene rings is 1. The van der Waals surface area contributed by atoms with Gasteiger partial charge in [0.25, 0.3) is 0 Å². The molecule has 1 aliphatic heterocycles. The molecule has 0 spiro atoms. The molecule has 4 nitrogen and oxygen atoms in total. The molecule has 0 radical (unpaired) electrons. The highest BCUT2D eigenvalue weighted by atomic mass is 35.5. The topological polar surface area (TPSA) is 52.6 Å². The van der Waals surface area contributed by atoms with E-state index in [0.717, 1.165) is 31.5 Å². The van der Waals surface area contributed by atoms with Crippen molar-refractivity contribution in [3.63, 3.8) is 0 Å². The summed E-state index contributed by atoms with van der Waals surface area (Å²) in [6, 6.07) is 7.50. The van der Waals surface area contributed by atoms with Crippen LogP contribution in [-0.2, 0) is 4.79 Å². The lowest BCUT2D eigenvalue weighted by atomic mass is 10.0. The van der Waals surface area contributed by atoms with E-state index in [1.54, 1.807) is 19.1 Å². The van der Waals surface area contributed by atoms with Crippen LogP contribution in [0.4, 0.5) is 0 Å². The molecule has 0 aromatic heterocycles. The summed E-state index contributed by atoms with van der Waals surface area (Å²) in [6.45, 7) is 3.85. The number of β-amino-alcohol motifs (C(OH)–C–C–N with tert-alkyl or cyclic N) is 1. The minimum Gasteiger partial charge on any atom is -0.387 e. The van der Waals surface area contributed by atoms with Gasteiger partial charge in [-0.25, -0.2) is 0 Å². The standard InChI is InChI=1S/C15H21ClN2O2/c1-11(19)17-14-6-3-7-18(9-14)10-15(20)12-4-2-5-13(16)8-12/h2,4-5,8,14-15,20H,3,6-7,9-10H2,1H3,(H,17,19). The third kappa shape index (κ3) is 4.47. The second-order valence-electron chi connectivity index (χ2n) is 5.37. The van der Waals surface area contributed by atoms with E-state index in [2.05, 4.69) is 10.2 Å². The van der Waals surface area contributed by atoms with Crippen molar-refractivity contribution in [2.45, 2.75) is 31.9 Å². The summed E-state index contributed by atoms with van der Waals surface area (Å²) in [5.41, 5.74) is 0.833. The van der Waals surface area contributed by atoms with Gasteiger partial charge in [-0.15, -0.1) is 0 Å². The monoisotopic (exact) mass is 296 g/mol. The van der Waals surface area contributed by atoms with Crippen molar-refractivity contribution in [2.75, 3.05) is 19.6 Å². The number of hydrogen-bond acceptors (Lipinski definition) is 3. The van der Waals surface area contributed by atoms with Gasteiger partial charge >= 0.3 is 0 Å². The van der Waals surface area contributed by atoms with Gasteiger partial charge in [0.2, 0.25) is 5.91 Å². The smallest absolute Gasteiger partial charge is 0.217 e. The quantitative estimate of drug-likeness (QED) is 0.893. The largest absolute Gasteiger partial charge is 0.387 e. The number of aliphatic hydroxyl groups excluding tert-OH is 1. The summed E-state index contributed by atoms with van der Waals surface area (Å²) >= 11 is 5.94. The first-order chi connectivity index (χ1) is 9.54. The van der Waals surface area contributed by atoms with Crippen molar-refractivity contribution >= 4 is 17.5 Å². The Kier molecular flexibility index (Phi) is 5.40. The van der Waals surface area contributed by atoms with Crippen LogP contribution in [0.15, 0.2) is 24.3 Å². The van der Waals surface area contributed by atoms with Crippen molar-refractivity contribution in [2.24, 2.45) is 0 Å². The van der Waals surface area contributed by atoms with E-state index in [4.69, 9.17) is 11.6 Å². The van der Waals surface area contributed by atoms with Crippen molar-refractivity contribution in [3.8, 4) is 0 Å². The molecular weight excluding hydrogens is 276 g/mol. The number of likely N-dealkylation sites (tertiary alicyclic amines) is 1. The number of aliphatic hydroxyl groups is 1. The first kappa shape index (κ1) is 15.3. The first-order valence-electron chi connectivity index (χ1n) is 6.97. The van der Waals surface area contributed by atoms with Crippen LogP contribution in [0.1, 0.15) is 31.4 Å². The highest BCUT2D eigenvalue weighted by Gasteiger charge is 2.22. The number of halogens is 1. The fourth-order valence-corrected chi connectivity index (χ4v) is 2.89. The lowest BCUT2D eigenvalue weighted by Crippen LogP contribution is -2.48. The first-order valence-corrected chi connectivity index (χ1v) is 7.35. The molecule has 2 atom stereocenters. The van der Waals surface area contributed by atoms with E-state index in [0.29, 0.717) is 11.6 Å². The SMILES string of the molecule is CC(=O)NC1CCCN(CC(O)c2cccc(Cl)c2)C1. The molecule has 2 N–H and O–H groups in total. The molecule has 2 unspecified atom stereocenters. The maximum absolute atomic E-state index is 11.1. The predicted octanol–water partition coefficient (Wildman–Crippen LogP) is 1.97. The third-order valence-electron chi connectivity index (χ3n) is 3.58. The van der Waals surface area contributed by atoms with Crippen molar-refractivity contribution in [1.82, 2.24) is 10.2 Å². The van der Waals surface area contributed by atoms with Crippen LogP contribution in [0.2, 0.25) is 5.02 Å². The van der Waals surface area contributed by atoms with Gasteiger partial charge in [-0.2, -0.15) is 0 Å². The molecule has 0 bridgehead atoms. The minimum atomic E-state index is -0.551. The second-order valence-corrected chi connectivity index (χ2v) is 5.81. The summed E-state index contributed by atoms with van der Waals surface area (Å²) < 4.78 is 0. The van der Waals surface area contributed by atoms with E-state index >= 15 is 0 Å². The molecule has 0 aliphatic carbocycles. The molecule has 1 amide bonds. The minimum absolute atomic E-state index is 0.00670. The summed E-state index contributed by atoms with van der Waals surface area (Å²) in [5.74, 6) is 0.00670.